The quantitative estimate of drug-likeness (QED) is 0.797. The fourth-order valence-corrected chi connectivity index (χ4v) is 2.00. The third kappa shape index (κ3) is 4.16. The zero-order chi connectivity index (χ0) is 15.2. The van der Waals surface area contributed by atoms with Crippen LogP contribution in [0.3, 0.4) is 0 Å². The molecular weight excluding hydrogens is 272 g/mol. The van der Waals surface area contributed by atoms with Crippen LogP contribution in [-0.4, -0.2) is 38.6 Å². The maximum Gasteiger partial charge on any atom is 0.273 e. The average molecular weight is 292 g/mol. The van der Waals surface area contributed by atoms with Crippen molar-refractivity contribution >= 4 is 5.91 Å². The molecule has 1 atom stereocenters. The second kappa shape index (κ2) is 7.03. The van der Waals surface area contributed by atoms with Crippen molar-refractivity contribution in [3.63, 3.8) is 0 Å². The van der Waals surface area contributed by atoms with Crippen molar-refractivity contribution in [2.45, 2.75) is 39.3 Å². The molecule has 1 unspecified atom stereocenters. The highest BCUT2D eigenvalue weighted by atomic mass is 16.5. The van der Waals surface area contributed by atoms with Gasteiger partial charge in [-0.25, -0.2) is 0 Å². The van der Waals surface area contributed by atoms with Crippen molar-refractivity contribution < 1.29 is 14.4 Å². The van der Waals surface area contributed by atoms with Gasteiger partial charge in [-0.15, -0.1) is 0 Å². The molecule has 114 valence electrons. The summed E-state index contributed by atoms with van der Waals surface area (Å²) in [5.41, 5.74) is 1.30. The number of aliphatic hydroxyl groups excluding tert-OH is 1. The average Bonchev–Trinajstić information content (AvgIpc) is 3.08. The van der Waals surface area contributed by atoms with E-state index in [1.807, 2.05) is 20.0 Å². The Balaban J connectivity index is 1.97. The molecule has 0 fully saturated rings. The van der Waals surface area contributed by atoms with Crippen molar-refractivity contribution in [3.8, 4) is 0 Å². The lowest BCUT2D eigenvalue weighted by Crippen LogP contribution is -2.35. The molecule has 2 aromatic heterocycles. The first-order chi connectivity index (χ1) is 10.1. The summed E-state index contributed by atoms with van der Waals surface area (Å²) in [5, 5.41) is 19.7. The van der Waals surface area contributed by atoms with Gasteiger partial charge in [0.15, 0.2) is 11.5 Å². The summed E-state index contributed by atoms with van der Waals surface area (Å²) < 4.78 is 6.87. The highest BCUT2D eigenvalue weighted by Crippen LogP contribution is 2.07. The molecule has 2 rings (SSSR count). The molecule has 2 N–H and O–H groups in total. The second-order valence-corrected chi connectivity index (χ2v) is 4.98. The van der Waals surface area contributed by atoms with Crippen LogP contribution in [0.25, 0.3) is 0 Å². The van der Waals surface area contributed by atoms with E-state index in [2.05, 4.69) is 15.6 Å². The van der Waals surface area contributed by atoms with Gasteiger partial charge >= 0.3 is 0 Å². The van der Waals surface area contributed by atoms with Crippen molar-refractivity contribution in [1.29, 1.82) is 0 Å². The van der Waals surface area contributed by atoms with Gasteiger partial charge in [-0.05, 0) is 25.3 Å². The van der Waals surface area contributed by atoms with E-state index in [1.54, 1.807) is 16.9 Å². The minimum Gasteiger partial charge on any atom is -0.396 e. The van der Waals surface area contributed by atoms with Gasteiger partial charge in [0, 0.05) is 24.9 Å². The van der Waals surface area contributed by atoms with E-state index in [9.17, 15) is 4.79 Å². The van der Waals surface area contributed by atoms with E-state index in [4.69, 9.17) is 9.63 Å². The van der Waals surface area contributed by atoms with Gasteiger partial charge in [0.2, 0.25) is 0 Å². The standard InChI is InChI=1S/C14H20N4O3/c1-3-11(4-5-19)16-14(20)13-6-12(21-17-13)9-18-8-10(2)7-15-18/h6-8,11,19H,3-5,9H2,1-2H3,(H,16,20). The fraction of sp³-hybridized carbons (Fsp3) is 0.500. The molecular formula is C14H20N4O3. The van der Waals surface area contributed by atoms with Crippen LogP contribution in [0.1, 0.15) is 41.6 Å². The summed E-state index contributed by atoms with van der Waals surface area (Å²) in [6, 6.07) is 1.55. The van der Waals surface area contributed by atoms with E-state index >= 15 is 0 Å². The maximum atomic E-state index is 12.0. The minimum absolute atomic E-state index is 0.0432. The summed E-state index contributed by atoms with van der Waals surface area (Å²) in [7, 11) is 0. The zero-order valence-corrected chi connectivity index (χ0v) is 12.2. The maximum absolute atomic E-state index is 12.0. The van der Waals surface area contributed by atoms with Gasteiger partial charge in [0.05, 0.1) is 6.20 Å². The van der Waals surface area contributed by atoms with E-state index in [0.717, 1.165) is 12.0 Å². The molecule has 0 saturated carbocycles. The number of nitrogens with zero attached hydrogens (tertiary/aromatic N) is 3. The van der Waals surface area contributed by atoms with Gasteiger partial charge in [-0.1, -0.05) is 12.1 Å². The third-order valence-corrected chi connectivity index (χ3v) is 3.18. The van der Waals surface area contributed by atoms with Crippen LogP contribution in [0, 0.1) is 6.92 Å². The Morgan fingerprint density at radius 3 is 3.00 bits per heavy atom. The van der Waals surface area contributed by atoms with Crippen LogP contribution in [0.2, 0.25) is 0 Å². The molecule has 2 aromatic rings. The highest BCUT2D eigenvalue weighted by molar-refractivity contribution is 5.92. The van der Waals surface area contributed by atoms with Crippen LogP contribution >= 0.6 is 0 Å². The van der Waals surface area contributed by atoms with E-state index in [1.165, 1.54) is 0 Å². The van der Waals surface area contributed by atoms with Crippen LogP contribution < -0.4 is 5.32 Å². The molecule has 0 radical (unpaired) electrons. The number of nitrogens with one attached hydrogen (secondary N) is 1. The third-order valence-electron chi connectivity index (χ3n) is 3.18. The number of hydrogen-bond acceptors (Lipinski definition) is 5. The number of aryl methyl sites for hydroxylation is 1. The molecule has 1 amide bonds. The predicted octanol–water partition coefficient (Wildman–Crippen LogP) is 1.12. The molecule has 0 spiro atoms. The van der Waals surface area contributed by atoms with Gasteiger partial charge in [-0.2, -0.15) is 5.10 Å². The lowest BCUT2D eigenvalue weighted by Gasteiger charge is -2.14. The van der Waals surface area contributed by atoms with Crippen molar-refractivity contribution in [2.24, 2.45) is 0 Å². The largest absolute Gasteiger partial charge is 0.396 e. The van der Waals surface area contributed by atoms with Gasteiger partial charge < -0.3 is 14.9 Å². The lowest BCUT2D eigenvalue weighted by atomic mass is 10.1. The zero-order valence-electron chi connectivity index (χ0n) is 12.2. The number of hydrogen-bond donors (Lipinski definition) is 2. The molecule has 0 aliphatic carbocycles. The van der Waals surface area contributed by atoms with Crippen LogP contribution in [0.5, 0.6) is 0 Å². The molecule has 21 heavy (non-hydrogen) atoms. The monoisotopic (exact) mass is 292 g/mol. The van der Waals surface area contributed by atoms with Crippen molar-refractivity contribution in [2.75, 3.05) is 6.61 Å². The van der Waals surface area contributed by atoms with Gasteiger partial charge in [-0.3, -0.25) is 9.48 Å². The van der Waals surface area contributed by atoms with E-state index in [0.29, 0.717) is 18.7 Å². The fourth-order valence-electron chi connectivity index (χ4n) is 2.00. The Morgan fingerprint density at radius 1 is 1.57 bits per heavy atom. The Kier molecular flexibility index (Phi) is 5.10. The molecule has 0 bridgehead atoms. The minimum atomic E-state index is -0.290. The number of aromatic nitrogens is 3. The van der Waals surface area contributed by atoms with Crippen molar-refractivity contribution in [3.05, 3.63) is 35.5 Å². The number of rotatable bonds is 7. The van der Waals surface area contributed by atoms with Gasteiger partial charge in [0.25, 0.3) is 5.91 Å². The molecule has 0 aromatic carbocycles. The molecule has 7 heteroatoms. The molecule has 2 heterocycles. The summed E-state index contributed by atoms with van der Waals surface area (Å²) in [5.74, 6) is 0.278. The number of carbonyl (C=O) groups is 1. The highest BCUT2D eigenvalue weighted by Gasteiger charge is 2.16. The van der Waals surface area contributed by atoms with Crippen LogP contribution in [0.15, 0.2) is 23.0 Å². The second-order valence-electron chi connectivity index (χ2n) is 4.98. The number of aliphatic hydroxyl groups is 1. The first-order valence-corrected chi connectivity index (χ1v) is 6.98. The molecule has 0 aliphatic heterocycles. The molecule has 0 saturated heterocycles. The summed E-state index contributed by atoms with van der Waals surface area (Å²) >= 11 is 0. The number of carbonyl (C=O) groups excluding carboxylic acids is 1. The van der Waals surface area contributed by atoms with E-state index in [-0.39, 0.29) is 24.2 Å². The molecule has 0 aliphatic rings. The number of amides is 1. The lowest BCUT2D eigenvalue weighted by molar-refractivity contribution is 0.0920. The topological polar surface area (TPSA) is 93.2 Å². The normalized spacial score (nSPS) is 12.3. The Labute approximate surface area is 122 Å². The Hall–Kier alpha value is -2.15. The summed E-state index contributed by atoms with van der Waals surface area (Å²) in [6.07, 6.45) is 4.92. The Morgan fingerprint density at radius 2 is 2.38 bits per heavy atom. The molecule has 7 nitrogen and oxygen atoms in total. The smallest absolute Gasteiger partial charge is 0.273 e. The SMILES string of the molecule is CCC(CCO)NC(=O)c1cc(Cn2cc(C)cn2)on1. The first kappa shape index (κ1) is 15.2. The summed E-state index contributed by atoms with van der Waals surface area (Å²) in [4.78, 5) is 12.0. The summed E-state index contributed by atoms with van der Waals surface area (Å²) in [6.45, 7) is 4.38. The predicted molar refractivity (Wildman–Crippen MR) is 75.8 cm³/mol. The van der Waals surface area contributed by atoms with Crippen molar-refractivity contribution in [1.82, 2.24) is 20.3 Å². The Bertz CT molecular complexity index is 591. The van der Waals surface area contributed by atoms with E-state index < -0.39 is 0 Å². The van der Waals surface area contributed by atoms with Gasteiger partial charge in [0.1, 0.15) is 6.54 Å². The van der Waals surface area contributed by atoms with Crippen LogP contribution in [0.4, 0.5) is 0 Å². The first-order valence-electron chi connectivity index (χ1n) is 6.98. The van der Waals surface area contributed by atoms with Crippen LogP contribution in [-0.2, 0) is 6.54 Å².